The second-order valence-electron chi connectivity index (χ2n) is 7.42. The summed E-state index contributed by atoms with van der Waals surface area (Å²) in [4.78, 5) is 10.5. The quantitative estimate of drug-likeness (QED) is 0.267. The van der Waals surface area contributed by atoms with Gasteiger partial charge in [-0.1, -0.05) is 110 Å². The number of rotatable bonds is 18. The van der Waals surface area contributed by atoms with Gasteiger partial charge in [0.1, 0.15) is 0 Å². The van der Waals surface area contributed by atoms with Crippen LogP contribution in [0.2, 0.25) is 0 Å². The molecule has 2 heteroatoms. The van der Waals surface area contributed by atoms with Crippen LogP contribution in [-0.2, 0) is 4.79 Å². The van der Waals surface area contributed by atoms with Gasteiger partial charge in [-0.2, -0.15) is 0 Å². The summed E-state index contributed by atoms with van der Waals surface area (Å²) in [7, 11) is 0. The van der Waals surface area contributed by atoms with Gasteiger partial charge in [0.25, 0.3) is 0 Å². The van der Waals surface area contributed by atoms with Crippen molar-refractivity contribution in [3.05, 3.63) is 0 Å². The van der Waals surface area contributed by atoms with Crippen molar-refractivity contribution in [3.63, 3.8) is 0 Å². The highest BCUT2D eigenvalue weighted by Crippen LogP contribution is 2.17. The molecule has 1 unspecified atom stereocenters. The first-order chi connectivity index (χ1) is 11.2. The molecular weight excluding hydrogens is 284 g/mol. The minimum Gasteiger partial charge on any atom is -0.481 e. The summed E-state index contributed by atoms with van der Waals surface area (Å²) in [6.45, 7) is 4.46. The third-order valence-corrected chi connectivity index (χ3v) is 4.90. The molecule has 0 aliphatic rings. The van der Waals surface area contributed by atoms with Crippen molar-refractivity contribution >= 4 is 5.97 Å². The number of carboxylic acids is 1. The highest BCUT2D eigenvalue weighted by molar-refractivity contribution is 5.66. The second kappa shape index (κ2) is 17.8. The third-order valence-electron chi connectivity index (χ3n) is 4.90. The lowest BCUT2D eigenvalue weighted by molar-refractivity contribution is -0.137. The van der Waals surface area contributed by atoms with E-state index in [4.69, 9.17) is 5.11 Å². The topological polar surface area (TPSA) is 37.3 Å². The fourth-order valence-electron chi connectivity index (χ4n) is 3.20. The maximum atomic E-state index is 10.5. The van der Waals surface area contributed by atoms with Gasteiger partial charge >= 0.3 is 5.97 Å². The number of carboxylic acid groups (broad SMARTS) is 1. The highest BCUT2D eigenvalue weighted by atomic mass is 16.4. The van der Waals surface area contributed by atoms with E-state index in [1.54, 1.807) is 0 Å². The molecule has 1 N–H and O–H groups in total. The molecule has 0 aromatic carbocycles. The summed E-state index contributed by atoms with van der Waals surface area (Å²) in [5.74, 6) is -0.0822. The maximum absolute atomic E-state index is 10.5. The van der Waals surface area contributed by atoms with E-state index in [0.29, 0.717) is 12.3 Å². The van der Waals surface area contributed by atoms with Crippen LogP contribution in [0.5, 0.6) is 0 Å². The number of hydrogen-bond acceptors (Lipinski definition) is 1. The average molecular weight is 327 g/mol. The highest BCUT2D eigenvalue weighted by Gasteiger charge is 2.05. The molecule has 0 aliphatic heterocycles. The fourth-order valence-corrected chi connectivity index (χ4v) is 3.20. The molecule has 0 heterocycles. The molecule has 0 aromatic heterocycles. The Balaban J connectivity index is 3.09. The van der Waals surface area contributed by atoms with Crippen molar-refractivity contribution in [3.8, 4) is 0 Å². The molecule has 0 fully saturated rings. The van der Waals surface area contributed by atoms with E-state index in [2.05, 4.69) is 13.8 Å². The van der Waals surface area contributed by atoms with E-state index in [9.17, 15) is 4.79 Å². The molecule has 0 saturated heterocycles. The summed E-state index contributed by atoms with van der Waals surface area (Å²) < 4.78 is 0. The molecule has 0 spiro atoms. The molecule has 0 radical (unpaired) electrons. The van der Waals surface area contributed by atoms with E-state index >= 15 is 0 Å². The monoisotopic (exact) mass is 326 g/mol. The zero-order valence-electron chi connectivity index (χ0n) is 16.0. The van der Waals surface area contributed by atoms with Crippen molar-refractivity contribution in [2.75, 3.05) is 0 Å². The van der Waals surface area contributed by atoms with Gasteiger partial charge in [-0.15, -0.1) is 0 Å². The summed E-state index contributed by atoms with van der Waals surface area (Å²) in [6, 6.07) is 0. The molecule has 0 aromatic rings. The Hall–Kier alpha value is -0.530. The summed E-state index contributed by atoms with van der Waals surface area (Å²) in [5.41, 5.74) is 0. The van der Waals surface area contributed by atoms with Crippen LogP contribution in [0.25, 0.3) is 0 Å². The summed E-state index contributed by atoms with van der Waals surface area (Å²) >= 11 is 0. The molecule has 1 atom stereocenters. The average Bonchev–Trinajstić information content (AvgIpc) is 2.53. The van der Waals surface area contributed by atoms with Gasteiger partial charge in [0.15, 0.2) is 0 Å². The van der Waals surface area contributed by atoms with Gasteiger partial charge in [0.2, 0.25) is 0 Å². The van der Waals surface area contributed by atoms with E-state index in [-0.39, 0.29) is 0 Å². The van der Waals surface area contributed by atoms with Crippen molar-refractivity contribution in [2.45, 2.75) is 123 Å². The van der Waals surface area contributed by atoms with Crippen LogP contribution in [0.1, 0.15) is 123 Å². The lowest BCUT2D eigenvalue weighted by Crippen LogP contribution is -2.01. The minimum absolute atomic E-state index is 0.333. The molecule has 23 heavy (non-hydrogen) atoms. The second-order valence-corrected chi connectivity index (χ2v) is 7.42. The lowest BCUT2D eigenvalue weighted by Gasteiger charge is -2.09. The van der Waals surface area contributed by atoms with Gasteiger partial charge in [0, 0.05) is 6.42 Å². The molecule has 138 valence electrons. The van der Waals surface area contributed by atoms with Crippen LogP contribution < -0.4 is 0 Å². The molecule has 0 amide bonds. The molecular formula is C21H42O2. The first kappa shape index (κ1) is 22.5. The van der Waals surface area contributed by atoms with Gasteiger partial charge in [-0.05, 0) is 12.3 Å². The first-order valence-corrected chi connectivity index (χ1v) is 10.4. The van der Waals surface area contributed by atoms with Gasteiger partial charge in [-0.3, -0.25) is 4.79 Å². The van der Waals surface area contributed by atoms with Gasteiger partial charge in [0.05, 0.1) is 0 Å². The fraction of sp³-hybridized carbons (Fsp3) is 0.952. The predicted molar refractivity (Wildman–Crippen MR) is 101 cm³/mol. The summed E-state index contributed by atoms with van der Waals surface area (Å²) in [5, 5.41) is 8.66. The minimum atomic E-state index is -0.655. The van der Waals surface area contributed by atoms with E-state index in [1.165, 1.54) is 96.3 Å². The van der Waals surface area contributed by atoms with Crippen molar-refractivity contribution in [2.24, 2.45) is 5.92 Å². The smallest absolute Gasteiger partial charge is 0.303 e. The van der Waals surface area contributed by atoms with Gasteiger partial charge in [-0.25, -0.2) is 0 Å². The standard InChI is InChI=1S/C21H42O2/c1-3-4-5-6-7-8-9-10-11-12-13-14-15-16-17-20(2)18-19-21(22)23/h20H,3-19H2,1-2H3,(H,22,23). The Kier molecular flexibility index (Phi) is 17.4. The van der Waals surface area contributed by atoms with Crippen LogP contribution in [0.4, 0.5) is 0 Å². The van der Waals surface area contributed by atoms with Crippen molar-refractivity contribution < 1.29 is 9.90 Å². The predicted octanol–water partition coefficient (Wildman–Crippen LogP) is 7.36. The van der Waals surface area contributed by atoms with Crippen LogP contribution >= 0.6 is 0 Å². The van der Waals surface area contributed by atoms with Crippen LogP contribution in [0.3, 0.4) is 0 Å². The summed E-state index contributed by atoms with van der Waals surface area (Å²) in [6.07, 6.45) is 22.0. The Morgan fingerprint density at radius 2 is 1.09 bits per heavy atom. The first-order valence-electron chi connectivity index (χ1n) is 10.4. The molecule has 0 aliphatic carbocycles. The number of aliphatic carboxylic acids is 1. The molecule has 2 nitrogen and oxygen atoms in total. The number of hydrogen-bond donors (Lipinski definition) is 1. The maximum Gasteiger partial charge on any atom is 0.303 e. The van der Waals surface area contributed by atoms with Crippen LogP contribution in [-0.4, -0.2) is 11.1 Å². The molecule has 0 rings (SSSR count). The van der Waals surface area contributed by atoms with E-state index in [1.807, 2.05) is 0 Å². The van der Waals surface area contributed by atoms with Crippen LogP contribution in [0, 0.1) is 5.92 Å². The third kappa shape index (κ3) is 19.4. The molecule has 0 saturated carbocycles. The lowest BCUT2D eigenvalue weighted by atomic mass is 9.97. The van der Waals surface area contributed by atoms with Crippen molar-refractivity contribution in [1.29, 1.82) is 0 Å². The zero-order chi connectivity index (χ0) is 17.2. The molecule has 0 bridgehead atoms. The SMILES string of the molecule is CCCCCCCCCCCCCCCCC(C)CCC(=O)O. The van der Waals surface area contributed by atoms with Crippen LogP contribution in [0.15, 0.2) is 0 Å². The van der Waals surface area contributed by atoms with E-state index < -0.39 is 5.97 Å². The Morgan fingerprint density at radius 1 is 0.696 bits per heavy atom. The number of carbonyl (C=O) groups is 1. The largest absolute Gasteiger partial charge is 0.481 e. The van der Waals surface area contributed by atoms with Gasteiger partial charge < -0.3 is 5.11 Å². The Bertz CT molecular complexity index is 250. The normalized spacial score (nSPS) is 12.4. The zero-order valence-corrected chi connectivity index (χ0v) is 16.0. The number of unbranched alkanes of at least 4 members (excludes halogenated alkanes) is 13. The Morgan fingerprint density at radius 3 is 1.48 bits per heavy atom. The Labute approximate surface area is 145 Å². The van der Waals surface area contributed by atoms with Crippen molar-refractivity contribution in [1.82, 2.24) is 0 Å². The van der Waals surface area contributed by atoms with E-state index in [0.717, 1.165) is 6.42 Å².